The Labute approximate surface area is 95.7 Å². The van der Waals surface area contributed by atoms with Crippen LogP contribution in [0.1, 0.15) is 31.4 Å². The average Bonchev–Trinajstić information content (AvgIpc) is 2.20. The lowest BCUT2D eigenvalue weighted by Gasteiger charge is -2.10. The summed E-state index contributed by atoms with van der Waals surface area (Å²) in [5.41, 5.74) is 2.17. The second-order valence-electron chi connectivity index (χ2n) is 4.21. The van der Waals surface area contributed by atoms with Crippen LogP contribution >= 0.6 is 0 Å². The van der Waals surface area contributed by atoms with Crippen molar-refractivity contribution in [3.63, 3.8) is 0 Å². The lowest BCUT2D eigenvalue weighted by atomic mass is 10.0. The molecule has 3 heteroatoms. The van der Waals surface area contributed by atoms with E-state index in [1.807, 2.05) is 19.9 Å². The van der Waals surface area contributed by atoms with Crippen molar-refractivity contribution >= 4 is 0 Å². The summed E-state index contributed by atoms with van der Waals surface area (Å²) in [7, 11) is 0. The number of phenols is 3. The predicted molar refractivity (Wildman–Crippen MR) is 63.9 cm³/mol. The molecule has 3 N–H and O–H groups in total. The minimum atomic E-state index is -0.217. The second kappa shape index (κ2) is 4.92. The van der Waals surface area contributed by atoms with Crippen molar-refractivity contribution < 1.29 is 15.3 Å². The van der Waals surface area contributed by atoms with E-state index in [4.69, 9.17) is 0 Å². The predicted octanol–water partition coefficient (Wildman–Crippen LogP) is 3.01. The Hall–Kier alpha value is -1.64. The first kappa shape index (κ1) is 12.4. The first-order valence-corrected chi connectivity index (χ1v) is 5.30. The van der Waals surface area contributed by atoms with Crippen LogP contribution in [0.25, 0.3) is 0 Å². The SMILES string of the molecule is CC(C)=CCCc1c(O)c(C)cc(O)c1O. The number of allylic oxidation sites excluding steroid dienone is 2. The van der Waals surface area contributed by atoms with Gasteiger partial charge in [-0.3, -0.25) is 0 Å². The van der Waals surface area contributed by atoms with Gasteiger partial charge in [-0.1, -0.05) is 11.6 Å². The topological polar surface area (TPSA) is 60.7 Å². The molecule has 1 rings (SSSR count). The summed E-state index contributed by atoms with van der Waals surface area (Å²) >= 11 is 0. The van der Waals surface area contributed by atoms with Crippen molar-refractivity contribution in [1.29, 1.82) is 0 Å². The van der Waals surface area contributed by atoms with Gasteiger partial charge in [0.1, 0.15) is 5.75 Å². The molecule has 16 heavy (non-hydrogen) atoms. The number of aryl methyl sites for hydroxylation is 1. The largest absolute Gasteiger partial charge is 0.507 e. The van der Waals surface area contributed by atoms with E-state index in [1.54, 1.807) is 6.92 Å². The zero-order valence-electron chi connectivity index (χ0n) is 9.91. The normalized spacial score (nSPS) is 10.2. The molecule has 0 fully saturated rings. The van der Waals surface area contributed by atoms with Crippen LogP contribution in [0.2, 0.25) is 0 Å². The Morgan fingerprint density at radius 2 is 1.81 bits per heavy atom. The minimum Gasteiger partial charge on any atom is -0.507 e. The van der Waals surface area contributed by atoms with Gasteiger partial charge < -0.3 is 15.3 Å². The fraction of sp³-hybridized carbons (Fsp3) is 0.385. The van der Waals surface area contributed by atoms with Gasteiger partial charge in [-0.15, -0.1) is 0 Å². The number of hydrogen-bond donors (Lipinski definition) is 3. The molecule has 0 spiro atoms. The van der Waals surface area contributed by atoms with E-state index in [2.05, 4.69) is 0 Å². The third-order valence-electron chi connectivity index (χ3n) is 2.49. The van der Waals surface area contributed by atoms with Crippen LogP contribution in [0.3, 0.4) is 0 Å². The highest BCUT2D eigenvalue weighted by Gasteiger charge is 2.13. The fourth-order valence-electron chi connectivity index (χ4n) is 1.59. The summed E-state index contributed by atoms with van der Waals surface area (Å²) in [6, 6.07) is 1.36. The summed E-state index contributed by atoms with van der Waals surface area (Å²) in [4.78, 5) is 0. The van der Waals surface area contributed by atoms with E-state index < -0.39 is 0 Å². The maximum absolute atomic E-state index is 9.78. The third-order valence-corrected chi connectivity index (χ3v) is 2.49. The molecule has 0 aliphatic rings. The molecular formula is C13H18O3. The molecule has 0 aromatic heterocycles. The van der Waals surface area contributed by atoms with Gasteiger partial charge in [0.25, 0.3) is 0 Å². The Morgan fingerprint density at radius 3 is 2.38 bits per heavy atom. The minimum absolute atomic E-state index is 0.0671. The Kier molecular flexibility index (Phi) is 3.82. The van der Waals surface area contributed by atoms with Gasteiger partial charge in [-0.2, -0.15) is 0 Å². The Bertz CT molecular complexity index is 389. The summed E-state index contributed by atoms with van der Waals surface area (Å²) in [5.74, 6) is -0.329. The molecule has 0 bridgehead atoms. The van der Waals surface area contributed by atoms with Crippen molar-refractivity contribution in [3.05, 3.63) is 28.8 Å². The highest BCUT2D eigenvalue weighted by molar-refractivity contribution is 5.55. The smallest absolute Gasteiger partial charge is 0.164 e. The first-order valence-electron chi connectivity index (χ1n) is 5.30. The summed E-state index contributed by atoms with van der Waals surface area (Å²) in [6.45, 7) is 5.68. The van der Waals surface area contributed by atoms with Crippen LogP contribution in [-0.4, -0.2) is 15.3 Å². The van der Waals surface area contributed by atoms with Gasteiger partial charge in [0.15, 0.2) is 11.5 Å². The van der Waals surface area contributed by atoms with Gasteiger partial charge in [0.05, 0.1) is 0 Å². The lowest BCUT2D eigenvalue weighted by molar-refractivity contribution is 0.388. The standard InChI is InChI=1S/C13H18O3/c1-8(2)5-4-6-10-12(15)9(3)7-11(14)13(10)16/h5,7,14-16H,4,6H2,1-3H3. The van der Waals surface area contributed by atoms with Gasteiger partial charge in [0.2, 0.25) is 0 Å². The Balaban J connectivity index is 2.99. The van der Waals surface area contributed by atoms with Crippen LogP contribution in [0.15, 0.2) is 17.7 Å². The number of benzene rings is 1. The van der Waals surface area contributed by atoms with Crippen LogP contribution in [-0.2, 0) is 6.42 Å². The van der Waals surface area contributed by atoms with Gasteiger partial charge in [0, 0.05) is 5.56 Å². The van der Waals surface area contributed by atoms with E-state index in [-0.39, 0.29) is 17.2 Å². The molecule has 0 saturated heterocycles. The maximum atomic E-state index is 9.78. The quantitative estimate of drug-likeness (QED) is 0.418. The first-order chi connectivity index (χ1) is 7.43. The van der Waals surface area contributed by atoms with E-state index in [1.165, 1.54) is 11.6 Å². The molecule has 0 atom stereocenters. The fourth-order valence-corrected chi connectivity index (χ4v) is 1.59. The molecule has 3 nitrogen and oxygen atoms in total. The number of hydrogen-bond acceptors (Lipinski definition) is 3. The number of phenolic OH excluding ortho intramolecular Hbond substituents is 3. The second-order valence-corrected chi connectivity index (χ2v) is 4.21. The molecule has 0 unspecified atom stereocenters. The van der Waals surface area contributed by atoms with E-state index in [9.17, 15) is 15.3 Å². The highest BCUT2D eigenvalue weighted by Crippen LogP contribution is 2.38. The molecule has 0 amide bonds. The molecule has 0 aliphatic carbocycles. The molecule has 0 saturated carbocycles. The lowest BCUT2D eigenvalue weighted by Crippen LogP contribution is -1.90. The summed E-state index contributed by atoms with van der Waals surface area (Å²) < 4.78 is 0. The molecule has 0 heterocycles. The number of aromatic hydroxyl groups is 3. The molecule has 88 valence electrons. The summed E-state index contributed by atoms with van der Waals surface area (Å²) in [5, 5.41) is 28.9. The van der Waals surface area contributed by atoms with Gasteiger partial charge >= 0.3 is 0 Å². The molecule has 0 radical (unpaired) electrons. The number of rotatable bonds is 3. The maximum Gasteiger partial charge on any atom is 0.164 e. The van der Waals surface area contributed by atoms with Gasteiger partial charge in [-0.05, 0) is 45.2 Å². The monoisotopic (exact) mass is 222 g/mol. The molecule has 1 aromatic rings. The van der Waals surface area contributed by atoms with Crippen molar-refractivity contribution in [2.75, 3.05) is 0 Å². The van der Waals surface area contributed by atoms with Crippen LogP contribution in [0.4, 0.5) is 0 Å². The highest BCUT2D eigenvalue weighted by atomic mass is 16.3. The van der Waals surface area contributed by atoms with Crippen molar-refractivity contribution in [1.82, 2.24) is 0 Å². The van der Waals surface area contributed by atoms with Crippen molar-refractivity contribution in [3.8, 4) is 17.2 Å². The van der Waals surface area contributed by atoms with Crippen LogP contribution in [0.5, 0.6) is 17.2 Å². The van der Waals surface area contributed by atoms with Crippen molar-refractivity contribution in [2.45, 2.75) is 33.6 Å². The van der Waals surface area contributed by atoms with E-state index in [0.717, 1.165) is 6.42 Å². The zero-order valence-corrected chi connectivity index (χ0v) is 9.91. The third kappa shape index (κ3) is 2.69. The average molecular weight is 222 g/mol. The van der Waals surface area contributed by atoms with E-state index >= 15 is 0 Å². The molecule has 1 aromatic carbocycles. The Morgan fingerprint density at radius 1 is 1.19 bits per heavy atom. The van der Waals surface area contributed by atoms with Gasteiger partial charge in [-0.25, -0.2) is 0 Å². The van der Waals surface area contributed by atoms with Crippen LogP contribution < -0.4 is 0 Å². The molecule has 0 aliphatic heterocycles. The van der Waals surface area contributed by atoms with Crippen molar-refractivity contribution in [2.24, 2.45) is 0 Å². The molecular weight excluding hydrogens is 204 g/mol. The van der Waals surface area contributed by atoms with E-state index in [0.29, 0.717) is 17.5 Å². The summed E-state index contributed by atoms with van der Waals surface area (Å²) in [6.07, 6.45) is 3.27. The van der Waals surface area contributed by atoms with Crippen LogP contribution in [0, 0.1) is 6.92 Å². The zero-order chi connectivity index (χ0) is 12.3.